The molecule has 0 unspecified atom stereocenters. The summed E-state index contributed by atoms with van der Waals surface area (Å²) in [6.45, 7) is 14.7. The van der Waals surface area contributed by atoms with Gasteiger partial charge in [-0.25, -0.2) is 0 Å². The van der Waals surface area contributed by atoms with E-state index in [1.54, 1.807) is 9.36 Å². The summed E-state index contributed by atoms with van der Waals surface area (Å²) in [5.41, 5.74) is 4.81. The summed E-state index contributed by atoms with van der Waals surface area (Å²) in [6, 6.07) is 0. The van der Waals surface area contributed by atoms with Crippen LogP contribution in [0, 0.1) is 13.8 Å². The molecule has 0 bridgehead atoms. The minimum Gasteiger partial charge on any atom is -0.299 e. The zero-order valence-electron chi connectivity index (χ0n) is 23.5. The second-order valence-electron chi connectivity index (χ2n) is 9.62. The van der Waals surface area contributed by atoms with Crippen molar-refractivity contribution < 1.29 is 0 Å². The molecule has 0 aromatic carbocycles. The van der Waals surface area contributed by atoms with Crippen LogP contribution in [-0.2, 0) is 13.1 Å². The number of nitrogens with one attached hydrogen (secondary N) is 2. The number of nitrogens with zero attached hydrogens (tertiary/aromatic N) is 4. The number of hydrogen-bond donors (Lipinski definition) is 2. The maximum absolute atomic E-state index is 13.0. The molecule has 0 aliphatic heterocycles. The van der Waals surface area contributed by atoms with E-state index < -0.39 is 0 Å². The van der Waals surface area contributed by atoms with Crippen molar-refractivity contribution in [2.45, 2.75) is 119 Å². The lowest BCUT2D eigenvalue weighted by Gasteiger charge is -2.04. The van der Waals surface area contributed by atoms with Crippen LogP contribution in [0.5, 0.6) is 0 Å². The highest BCUT2D eigenvalue weighted by molar-refractivity contribution is 6.01. The minimum absolute atomic E-state index is 0.0183. The first-order chi connectivity index (χ1) is 17.4. The second kappa shape index (κ2) is 15.5. The molecule has 202 valence electrons. The van der Waals surface area contributed by atoms with Gasteiger partial charge < -0.3 is 0 Å². The van der Waals surface area contributed by atoms with Gasteiger partial charge in [-0.2, -0.15) is 0 Å². The quantitative estimate of drug-likeness (QED) is 0.220. The smallest absolute Gasteiger partial charge is 0.275 e. The SMILES string of the molecule is CCCCCCn1[nH]c(C)c(C(CC)=NCCN=C(CC)c2c(C)[nH]n(CCCCCC)c2=O)c1=O. The Bertz CT molecular complexity index is 1020. The van der Waals surface area contributed by atoms with Gasteiger partial charge in [0, 0.05) is 35.9 Å². The molecule has 0 saturated heterocycles. The first-order valence-corrected chi connectivity index (χ1v) is 14.1. The Morgan fingerprint density at radius 3 is 1.36 bits per heavy atom. The third kappa shape index (κ3) is 7.93. The standard InChI is InChI=1S/C28H48N6O2/c1-7-11-13-15-19-33-27(35)25(21(5)31-33)23(9-3)29-17-18-30-24(10-4)26-22(6)32-34(28(26)36)20-16-14-12-8-2/h31-32H,7-20H2,1-6H3. The van der Waals surface area contributed by atoms with Crippen LogP contribution in [0.25, 0.3) is 0 Å². The fraction of sp³-hybridized carbons (Fsp3) is 0.714. The lowest BCUT2D eigenvalue weighted by atomic mass is 10.1. The molecule has 2 rings (SSSR count). The normalized spacial score (nSPS) is 12.6. The predicted molar refractivity (Wildman–Crippen MR) is 151 cm³/mol. The van der Waals surface area contributed by atoms with Gasteiger partial charge in [-0.05, 0) is 39.5 Å². The number of unbranched alkanes of at least 4 members (excludes halogenated alkanes) is 6. The van der Waals surface area contributed by atoms with Gasteiger partial charge >= 0.3 is 0 Å². The van der Waals surface area contributed by atoms with Gasteiger partial charge in [-0.15, -0.1) is 0 Å². The molecule has 8 nitrogen and oxygen atoms in total. The van der Waals surface area contributed by atoms with Gasteiger partial charge in [-0.3, -0.25) is 39.1 Å². The fourth-order valence-corrected chi connectivity index (χ4v) is 4.70. The van der Waals surface area contributed by atoms with Crippen molar-refractivity contribution in [2.75, 3.05) is 13.1 Å². The molecule has 36 heavy (non-hydrogen) atoms. The largest absolute Gasteiger partial charge is 0.299 e. The van der Waals surface area contributed by atoms with Crippen molar-refractivity contribution in [2.24, 2.45) is 9.98 Å². The highest BCUT2D eigenvalue weighted by Crippen LogP contribution is 2.09. The lowest BCUT2D eigenvalue weighted by Crippen LogP contribution is -2.22. The summed E-state index contributed by atoms with van der Waals surface area (Å²) in [6.07, 6.45) is 10.4. The van der Waals surface area contributed by atoms with E-state index in [1.165, 1.54) is 25.7 Å². The van der Waals surface area contributed by atoms with Crippen molar-refractivity contribution >= 4 is 11.4 Å². The van der Waals surface area contributed by atoms with Crippen LogP contribution < -0.4 is 11.1 Å². The third-order valence-corrected chi connectivity index (χ3v) is 6.70. The van der Waals surface area contributed by atoms with Crippen LogP contribution in [0.2, 0.25) is 0 Å². The topological polar surface area (TPSA) is 100 Å². The Hall–Kier alpha value is -2.64. The monoisotopic (exact) mass is 500 g/mol. The van der Waals surface area contributed by atoms with Crippen molar-refractivity contribution in [3.8, 4) is 0 Å². The molecule has 0 aliphatic rings. The molecule has 2 heterocycles. The van der Waals surface area contributed by atoms with Crippen molar-refractivity contribution in [3.63, 3.8) is 0 Å². The molecule has 2 aromatic heterocycles. The third-order valence-electron chi connectivity index (χ3n) is 6.70. The van der Waals surface area contributed by atoms with E-state index in [9.17, 15) is 9.59 Å². The average molecular weight is 501 g/mol. The van der Waals surface area contributed by atoms with Crippen LogP contribution >= 0.6 is 0 Å². The minimum atomic E-state index is 0.0183. The van der Waals surface area contributed by atoms with Gasteiger partial charge in [0.25, 0.3) is 11.1 Å². The van der Waals surface area contributed by atoms with Gasteiger partial charge in [-0.1, -0.05) is 66.2 Å². The number of aryl methyl sites for hydroxylation is 4. The summed E-state index contributed by atoms with van der Waals surface area (Å²) >= 11 is 0. The summed E-state index contributed by atoms with van der Waals surface area (Å²) < 4.78 is 3.45. The summed E-state index contributed by atoms with van der Waals surface area (Å²) in [5, 5.41) is 6.47. The molecule has 0 aliphatic carbocycles. The molecule has 0 atom stereocenters. The second-order valence-corrected chi connectivity index (χ2v) is 9.62. The summed E-state index contributed by atoms with van der Waals surface area (Å²) in [7, 11) is 0. The first-order valence-electron chi connectivity index (χ1n) is 14.1. The van der Waals surface area contributed by atoms with Gasteiger partial charge in [0.05, 0.1) is 24.2 Å². The van der Waals surface area contributed by atoms with E-state index in [1.807, 2.05) is 27.7 Å². The molecule has 0 saturated carbocycles. The van der Waals surface area contributed by atoms with Crippen LogP contribution in [0.15, 0.2) is 19.6 Å². The summed E-state index contributed by atoms with van der Waals surface area (Å²) in [5.74, 6) is 0. The van der Waals surface area contributed by atoms with Crippen molar-refractivity contribution in [1.82, 2.24) is 19.6 Å². The van der Waals surface area contributed by atoms with Crippen LogP contribution in [0.3, 0.4) is 0 Å². The molecule has 0 radical (unpaired) electrons. The number of hydrogen-bond acceptors (Lipinski definition) is 4. The first kappa shape index (κ1) is 29.6. The molecular weight excluding hydrogens is 452 g/mol. The Labute approximate surface area is 216 Å². The Balaban J connectivity index is 2.11. The molecule has 0 spiro atoms. The van der Waals surface area contributed by atoms with E-state index in [0.717, 1.165) is 48.5 Å². The van der Waals surface area contributed by atoms with Crippen molar-refractivity contribution in [3.05, 3.63) is 43.2 Å². The fourth-order valence-electron chi connectivity index (χ4n) is 4.70. The zero-order valence-corrected chi connectivity index (χ0v) is 23.5. The number of aromatic nitrogens is 4. The van der Waals surface area contributed by atoms with E-state index in [4.69, 9.17) is 9.98 Å². The zero-order chi connectivity index (χ0) is 26.5. The Kier molecular flexibility index (Phi) is 12.7. The molecule has 0 amide bonds. The molecule has 8 heteroatoms. The van der Waals surface area contributed by atoms with E-state index in [2.05, 4.69) is 24.0 Å². The van der Waals surface area contributed by atoms with E-state index in [-0.39, 0.29) is 11.1 Å². The highest BCUT2D eigenvalue weighted by atomic mass is 16.1. The Morgan fingerprint density at radius 2 is 1.03 bits per heavy atom. The molecular formula is C28H48N6O2. The number of rotatable bonds is 17. The number of aliphatic imine (C=N–C) groups is 2. The number of aromatic amines is 2. The number of H-pyrrole nitrogens is 2. The van der Waals surface area contributed by atoms with E-state index in [0.29, 0.717) is 50.1 Å². The van der Waals surface area contributed by atoms with Gasteiger partial charge in [0.15, 0.2) is 0 Å². The van der Waals surface area contributed by atoms with Crippen molar-refractivity contribution in [1.29, 1.82) is 0 Å². The Morgan fingerprint density at radius 1 is 0.639 bits per heavy atom. The van der Waals surface area contributed by atoms with Crippen LogP contribution in [-0.4, -0.2) is 44.1 Å². The maximum Gasteiger partial charge on any atom is 0.275 e. The molecule has 2 N–H and O–H groups in total. The van der Waals surface area contributed by atoms with Crippen LogP contribution in [0.1, 0.15) is 114 Å². The molecule has 2 aromatic rings. The average Bonchev–Trinajstić information content (AvgIpc) is 3.31. The highest BCUT2D eigenvalue weighted by Gasteiger charge is 2.17. The van der Waals surface area contributed by atoms with Gasteiger partial charge in [0.1, 0.15) is 0 Å². The lowest BCUT2D eigenvalue weighted by molar-refractivity contribution is 0.528. The molecule has 0 fully saturated rings. The van der Waals surface area contributed by atoms with Crippen LogP contribution in [0.4, 0.5) is 0 Å². The van der Waals surface area contributed by atoms with E-state index >= 15 is 0 Å². The predicted octanol–water partition coefficient (Wildman–Crippen LogP) is 5.54. The van der Waals surface area contributed by atoms with Gasteiger partial charge in [0.2, 0.25) is 0 Å². The summed E-state index contributed by atoms with van der Waals surface area (Å²) in [4.78, 5) is 35.5. The maximum atomic E-state index is 13.0.